The van der Waals surface area contributed by atoms with E-state index >= 15 is 0 Å². The van der Waals surface area contributed by atoms with E-state index in [9.17, 15) is 34.5 Å². The Kier molecular flexibility index (Phi) is 51.3. The van der Waals surface area contributed by atoms with Gasteiger partial charge in [-0.1, -0.05) is 259 Å². The highest BCUT2D eigenvalue weighted by Gasteiger charge is 2.50. The van der Waals surface area contributed by atoms with Gasteiger partial charge in [0.2, 0.25) is 0 Å². The molecule has 3 N–H and O–H groups in total. The van der Waals surface area contributed by atoms with E-state index in [-0.39, 0.29) is 25.9 Å². The third-order valence-corrected chi connectivity index (χ3v) is 13.9. The number of ether oxygens (including phenoxy) is 5. The first-order valence-electron chi connectivity index (χ1n) is 31.9. The molecule has 460 valence electrons. The number of unbranched alkanes of at least 4 members (excludes halogenated alkanes) is 22. The second-order valence-electron chi connectivity index (χ2n) is 21.3. The van der Waals surface area contributed by atoms with Gasteiger partial charge in [-0.2, -0.15) is 0 Å². The molecule has 1 rings (SSSR count). The van der Waals surface area contributed by atoms with Gasteiger partial charge in [-0.25, -0.2) is 4.79 Å². The minimum absolute atomic E-state index is 0.0295. The minimum atomic E-state index is -1.93. The van der Waals surface area contributed by atoms with Gasteiger partial charge in [0.25, 0.3) is 0 Å². The van der Waals surface area contributed by atoms with Crippen LogP contribution in [0.1, 0.15) is 252 Å². The maximum atomic E-state index is 13.1. The van der Waals surface area contributed by atoms with Crippen LogP contribution in [-0.4, -0.2) is 89.2 Å². The van der Waals surface area contributed by atoms with Gasteiger partial charge in [0.15, 0.2) is 24.6 Å². The summed E-state index contributed by atoms with van der Waals surface area (Å²) in [5, 5.41) is 31.6. The van der Waals surface area contributed by atoms with Crippen molar-refractivity contribution < 1.29 is 58.2 Å². The summed E-state index contributed by atoms with van der Waals surface area (Å²) in [6, 6.07) is 0. The summed E-state index contributed by atoms with van der Waals surface area (Å²) in [4.78, 5) is 51.2. The van der Waals surface area contributed by atoms with Gasteiger partial charge in [-0.15, -0.1) is 0 Å². The third kappa shape index (κ3) is 45.6. The number of carboxylic acid groups (broad SMARTS) is 1. The zero-order valence-corrected chi connectivity index (χ0v) is 50.7. The lowest BCUT2D eigenvalue weighted by molar-refractivity contribution is -0.301. The predicted molar refractivity (Wildman–Crippen MR) is 330 cm³/mol. The summed E-state index contributed by atoms with van der Waals surface area (Å²) in [6.07, 6.45) is 63.6. The van der Waals surface area contributed by atoms with Crippen LogP contribution in [0, 0.1) is 0 Å². The van der Waals surface area contributed by atoms with Crippen molar-refractivity contribution in [2.75, 3.05) is 13.2 Å². The summed E-state index contributed by atoms with van der Waals surface area (Å²) in [6.45, 7) is 5.70. The first kappa shape index (κ1) is 74.4. The molecular weight excluding hydrogens is 1020 g/mol. The molecule has 0 amide bonds. The number of carbonyl (C=O) groups is 4. The van der Waals surface area contributed by atoms with Crippen molar-refractivity contribution in [3.8, 4) is 0 Å². The van der Waals surface area contributed by atoms with Crippen molar-refractivity contribution in [1.82, 2.24) is 0 Å². The van der Waals surface area contributed by atoms with Crippen LogP contribution in [0.4, 0.5) is 0 Å². The van der Waals surface area contributed by atoms with Crippen molar-refractivity contribution in [3.63, 3.8) is 0 Å². The lowest BCUT2D eigenvalue weighted by Gasteiger charge is -2.40. The third-order valence-electron chi connectivity index (χ3n) is 13.9. The number of esters is 3. The van der Waals surface area contributed by atoms with Crippen LogP contribution in [0.15, 0.2) is 109 Å². The molecule has 6 unspecified atom stereocenters. The summed E-state index contributed by atoms with van der Waals surface area (Å²) in [5.41, 5.74) is 0. The first-order chi connectivity index (χ1) is 39.6. The van der Waals surface area contributed by atoms with Gasteiger partial charge in [0, 0.05) is 12.8 Å². The molecule has 1 saturated heterocycles. The lowest BCUT2D eigenvalue weighted by atomic mass is 9.98. The monoisotopic (exact) mass is 1130 g/mol. The Hall–Kier alpha value is -4.62. The molecule has 0 saturated carbocycles. The van der Waals surface area contributed by atoms with Crippen molar-refractivity contribution in [1.29, 1.82) is 0 Å². The van der Waals surface area contributed by atoms with E-state index in [0.717, 1.165) is 109 Å². The molecule has 0 aromatic carbocycles. The minimum Gasteiger partial charge on any atom is -0.479 e. The smallest absolute Gasteiger partial charge is 0.335 e. The first-order valence-corrected chi connectivity index (χ1v) is 31.9. The van der Waals surface area contributed by atoms with Gasteiger partial charge in [0.05, 0.1) is 13.0 Å². The average Bonchev–Trinajstić information content (AvgIpc) is 3.52. The zero-order valence-electron chi connectivity index (χ0n) is 50.7. The summed E-state index contributed by atoms with van der Waals surface area (Å²) in [7, 11) is 0. The van der Waals surface area contributed by atoms with E-state index in [1.165, 1.54) is 83.5 Å². The van der Waals surface area contributed by atoms with E-state index in [4.69, 9.17) is 23.7 Å². The number of carbonyl (C=O) groups excluding carboxylic acids is 3. The largest absolute Gasteiger partial charge is 0.479 e. The van der Waals surface area contributed by atoms with E-state index < -0.39 is 67.3 Å². The molecule has 1 fully saturated rings. The molecule has 6 atom stereocenters. The molecule has 81 heavy (non-hydrogen) atoms. The van der Waals surface area contributed by atoms with Crippen molar-refractivity contribution >= 4 is 23.9 Å². The second-order valence-corrected chi connectivity index (χ2v) is 21.3. The Morgan fingerprint density at radius 2 is 0.815 bits per heavy atom. The fraction of sp³-hybridized carbons (Fsp3) is 0.681. The molecule has 1 heterocycles. The molecule has 0 bridgehead atoms. The second kappa shape index (κ2) is 55.9. The highest BCUT2D eigenvalue weighted by molar-refractivity contribution is 5.74. The van der Waals surface area contributed by atoms with Crippen molar-refractivity contribution in [2.24, 2.45) is 0 Å². The number of rotatable bonds is 53. The van der Waals surface area contributed by atoms with Gasteiger partial charge in [0.1, 0.15) is 18.8 Å². The molecule has 12 heteroatoms. The van der Waals surface area contributed by atoms with Gasteiger partial charge >= 0.3 is 23.9 Å². The van der Waals surface area contributed by atoms with E-state index in [0.29, 0.717) is 19.3 Å². The molecule has 1 aliphatic heterocycles. The number of hydrogen-bond donors (Lipinski definition) is 3. The van der Waals surface area contributed by atoms with E-state index in [1.54, 1.807) is 6.08 Å². The SMILES string of the molecule is CC/C=C\C/C=C\C/C=C\C/C=C\C/C=C\CC(=O)OC(COC(=O)CCCCCCCCCCCCCCCCCCC)COC1OC(C(=O)O)C(O)C(O)C1OC(=O)CCCCCCCC/C=C\C/C=C\C/C=C\C/C=C\CC. The van der Waals surface area contributed by atoms with E-state index in [2.05, 4.69) is 112 Å². The molecule has 12 nitrogen and oxygen atoms in total. The maximum Gasteiger partial charge on any atom is 0.335 e. The summed E-state index contributed by atoms with van der Waals surface area (Å²) < 4.78 is 28.4. The highest BCUT2D eigenvalue weighted by Crippen LogP contribution is 2.26. The molecule has 0 radical (unpaired) electrons. The number of hydrogen-bond acceptors (Lipinski definition) is 11. The summed E-state index contributed by atoms with van der Waals surface area (Å²) in [5.74, 6) is -3.31. The van der Waals surface area contributed by atoms with Crippen LogP contribution in [0.5, 0.6) is 0 Å². The molecule has 0 spiro atoms. The normalized spacial score (nSPS) is 18.5. The summed E-state index contributed by atoms with van der Waals surface area (Å²) >= 11 is 0. The van der Waals surface area contributed by atoms with Crippen molar-refractivity contribution in [2.45, 2.75) is 289 Å². The Labute approximate surface area is 491 Å². The fourth-order valence-corrected chi connectivity index (χ4v) is 9.08. The van der Waals surface area contributed by atoms with Crippen molar-refractivity contribution in [3.05, 3.63) is 109 Å². The molecular formula is C69H112O12. The lowest BCUT2D eigenvalue weighted by Crippen LogP contribution is -2.61. The highest BCUT2D eigenvalue weighted by atomic mass is 16.7. The Balaban J connectivity index is 2.71. The molecule has 0 aliphatic carbocycles. The molecule has 0 aromatic rings. The van der Waals surface area contributed by atoms with Crippen LogP contribution in [-0.2, 0) is 42.9 Å². The molecule has 0 aromatic heterocycles. The van der Waals surface area contributed by atoms with Crippen LogP contribution in [0.2, 0.25) is 0 Å². The van der Waals surface area contributed by atoms with E-state index in [1.807, 2.05) is 12.2 Å². The van der Waals surface area contributed by atoms with Gasteiger partial charge in [-0.3, -0.25) is 14.4 Å². The number of carboxylic acids is 1. The standard InChI is InChI=1S/C69H112O12/c1-4-7-10-13-16-19-22-25-28-30-31-33-36-39-42-45-48-51-54-57-63(72)80-67-65(74)64(73)66(68(75)76)81-69(67)78-59-60(79-62(71)56-53-50-47-44-41-38-34-27-24-21-18-15-12-9-6-3)58-77-61(70)55-52-49-46-43-40-37-35-32-29-26-23-20-17-14-11-8-5-2/h7,9-10,12,16,18-19,21,25,27-28,31,33-34,41,44,50,53,60,64-67,69,73-74H,4-6,8,11,13-15,17,20,22-24,26,29-30,32,35-40,42-43,45-49,51-52,54-59H2,1-3H3,(H,75,76)/b10-7-,12-9-,19-16-,21-18-,28-25-,33-31-,34-27-,44-41-,53-50-. The van der Waals surface area contributed by atoms with Crippen LogP contribution in [0.25, 0.3) is 0 Å². The van der Waals surface area contributed by atoms with Gasteiger partial charge < -0.3 is 39.0 Å². The van der Waals surface area contributed by atoms with Crippen LogP contribution >= 0.6 is 0 Å². The predicted octanol–water partition coefficient (Wildman–Crippen LogP) is 17.0. The van der Waals surface area contributed by atoms with Crippen LogP contribution < -0.4 is 0 Å². The number of aliphatic carboxylic acids is 1. The Morgan fingerprint density at radius 3 is 1.25 bits per heavy atom. The zero-order chi connectivity index (χ0) is 58.9. The molecule has 1 aliphatic rings. The fourth-order valence-electron chi connectivity index (χ4n) is 9.08. The maximum absolute atomic E-state index is 13.1. The Morgan fingerprint density at radius 1 is 0.432 bits per heavy atom. The number of allylic oxidation sites excluding steroid dienone is 17. The topological polar surface area (TPSA) is 175 Å². The quantitative estimate of drug-likeness (QED) is 0.0228. The van der Waals surface area contributed by atoms with Gasteiger partial charge in [-0.05, 0) is 83.5 Å². The number of aliphatic hydroxyl groups is 2. The average molecular weight is 1130 g/mol. The number of aliphatic hydroxyl groups excluding tert-OH is 2. The Bertz CT molecular complexity index is 1820. The van der Waals surface area contributed by atoms with Crippen LogP contribution in [0.3, 0.4) is 0 Å².